The first-order valence-electron chi connectivity index (χ1n) is 8.98. The summed E-state index contributed by atoms with van der Waals surface area (Å²) in [6.07, 6.45) is -1.36. The zero-order valence-corrected chi connectivity index (χ0v) is 18.1. The molecule has 0 amide bonds. The van der Waals surface area contributed by atoms with Crippen molar-refractivity contribution >= 4 is 17.9 Å². The minimum atomic E-state index is -0.991. The number of hydrogen-bond donors (Lipinski definition) is 3. The highest BCUT2D eigenvalue weighted by Gasteiger charge is 2.07. The van der Waals surface area contributed by atoms with Crippen molar-refractivity contribution in [2.24, 2.45) is 0 Å². The Balaban J connectivity index is -0.000000148. The Morgan fingerprint density at radius 2 is 1.29 bits per heavy atom. The molecule has 0 rings (SSSR count). The van der Waals surface area contributed by atoms with Crippen molar-refractivity contribution in [3.63, 3.8) is 0 Å². The molecule has 0 aromatic rings. The van der Waals surface area contributed by atoms with Crippen LogP contribution in [-0.2, 0) is 33.3 Å². The second kappa shape index (κ2) is 27.5. The highest BCUT2D eigenvalue weighted by molar-refractivity contribution is 5.73. The Bertz CT molecular complexity index is 354. The summed E-state index contributed by atoms with van der Waals surface area (Å²) in [6, 6.07) is 0. The molecule has 0 saturated heterocycles. The van der Waals surface area contributed by atoms with Gasteiger partial charge in [0.1, 0.15) is 18.8 Å². The summed E-state index contributed by atoms with van der Waals surface area (Å²) in [5, 5.41) is 23.7. The number of rotatable bonds is 8. The van der Waals surface area contributed by atoms with Gasteiger partial charge in [0.25, 0.3) is 0 Å². The van der Waals surface area contributed by atoms with Crippen LogP contribution in [0.2, 0.25) is 0 Å². The van der Waals surface area contributed by atoms with Gasteiger partial charge in [-0.3, -0.25) is 9.59 Å². The first kappa shape index (κ1) is 33.8. The number of esters is 3. The van der Waals surface area contributed by atoms with Crippen LogP contribution in [-0.4, -0.2) is 85.1 Å². The van der Waals surface area contributed by atoms with E-state index in [4.69, 9.17) is 20.1 Å². The van der Waals surface area contributed by atoms with Crippen molar-refractivity contribution in [1.82, 2.24) is 0 Å². The van der Waals surface area contributed by atoms with Crippen molar-refractivity contribution in [3.05, 3.63) is 0 Å². The van der Waals surface area contributed by atoms with Crippen molar-refractivity contribution in [2.75, 3.05) is 39.6 Å². The molecule has 2 atom stereocenters. The van der Waals surface area contributed by atoms with E-state index >= 15 is 0 Å². The molecule has 0 bridgehead atoms. The third-order valence-electron chi connectivity index (χ3n) is 2.02. The normalized spacial score (nSPS) is 10.9. The summed E-state index contributed by atoms with van der Waals surface area (Å²) in [6.45, 7) is 13.2. The Morgan fingerprint density at radius 3 is 1.46 bits per heavy atom. The summed E-state index contributed by atoms with van der Waals surface area (Å²) in [4.78, 5) is 30.9. The largest absolute Gasteiger partial charge is 0.464 e. The first-order chi connectivity index (χ1) is 13.0. The van der Waals surface area contributed by atoms with E-state index in [0.29, 0.717) is 6.61 Å². The second-order valence-corrected chi connectivity index (χ2v) is 4.88. The molecule has 0 aliphatic carbocycles. The van der Waals surface area contributed by atoms with Crippen LogP contribution >= 0.6 is 0 Å². The topological polar surface area (TPSA) is 149 Å². The fourth-order valence-electron chi connectivity index (χ4n) is 1.02. The minimum absolute atomic E-state index is 0.120. The van der Waals surface area contributed by atoms with Crippen LogP contribution in [0.25, 0.3) is 0 Å². The standard InChI is InChI=1S/C7H12O4.C5H10O3.C4H10O.C2H6O2/c1-5(11-7(3)9)4-10-6(2)8;1-3-8-5(7)4(2)6;1-3-5-4-2;3-1-2-4/h5H,4H2,1-3H3;4,6H,3H2,1-2H3;3-4H2,1-2H3;3-4H,1-2H2. The van der Waals surface area contributed by atoms with Crippen LogP contribution in [0, 0.1) is 0 Å². The third-order valence-corrected chi connectivity index (χ3v) is 2.02. The molecule has 0 spiro atoms. The maximum absolute atomic E-state index is 10.3. The predicted molar refractivity (Wildman–Crippen MR) is 103 cm³/mol. The molecule has 0 aromatic heterocycles. The highest BCUT2D eigenvalue weighted by Crippen LogP contribution is 1.92. The van der Waals surface area contributed by atoms with E-state index in [2.05, 4.69) is 14.2 Å². The van der Waals surface area contributed by atoms with Crippen molar-refractivity contribution in [1.29, 1.82) is 0 Å². The van der Waals surface area contributed by atoms with Gasteiger partial charge in [-0.2, -0.15) is 0 Å². The number of carbonyl (C=O) groups is 3. The molecule has 2 unspecified atom stereocenters. The molecular weight excluding hydrogens is 376 g/mol. The van der Waals surface area contributed by atoms with Gasteiger partial charge in [0, 0.05) is 27.1 Å². The van der Waals surface area contributed by atoms with Gasteiger partial charge < -0.3 is 34.3 Å². The SMILES string of the molecule is CC(=O)OCC(C)OC(C)=O.CCOC(=O)C(C)O.CCOCC.OCCO. The molecular formula is C18H38O10. The van der Waals surface area contributed by atoms with Gasteiger partial charge in [0.15, 0.2) is 0 Å². The van der Waals surface area contributed by atoms with E-state index in [1.54, 1.807) is 13.8 Å². The Labute approximate surface area is 167 Å². The maximum atomic E-state index is 10.3. The van der Waals surface area contributed by atoms with Gasteiger partial charge in [-0.25, -0.2) is 4.79 Å². The molecule has 10 heteroatoms. The van der Waals surface area contributed by atoms with Crippen molar-refractivity contribution in [3.8, 4) is 0 Å². The molecule has 0 aromatic carbocycles. The van der Waals surface area contributed by atoms with Crippen molar-refractivity contribution in [2.45, 2.75) is 60.7 Å². The second-order valence-electron chi connectivity index (χ2n) is 4.88. The molecule has 10 nitrogen and oxygen atoms in total. The molecule has 0 aliphatic rings. The number of aliphatic hydroxyl groups is 3. The van der Waals surface area contributed by atoms with E-state index in [9.17, 15) is 14.4 Å². The zero-order chi connectivity index (χ0) is 23.0. The summed E-state index contributed by atoms with van der Waals surface area (Å²) < 4.78 is 18.5. The van der Waals surface area contributed by atoms with E-state index in [-0.39, 0.29) is 37.9 Å². The van der Waals surface area contributed by atoms with E-state index < -0.39 is 12.1 Å². The Hall–Kier alpha value is -1.75. The van der Waals surface area contributed by atoms with Crippen LogP contribution in [0.15, 0.2) is 0 Å². The number of ether oxygens (including phenoxy) is 4. The summed E-state index contributed by atoms with van der Waals surface area (Å²) in [5.74, 6) is -1.30. The molecule has 0 saturated carbocycles. The zero-order valence-electron chi connectivity index (χ0n) is 18.1. The maximum Gasteiger partial charge on any atom is 0.334 e. The minimum Gasteiger partial charge on any atom is -0.464 e. The molecule has 0 heterocycles. The highest BCUT2D eigenvalue weighted by atomic mass is 16.6. The average molecular weight is 414 g/mol. The lowest BCUT2D eigenvalue weighted by Gasteiger charge is -2.10. The summed E-state index contributed by atoms with van der Waals surface area (Å²) >= 11 is 0. The first-order valence-corrected chi connectivity index (χ1v) is 8.98. The molecule has 170 valence electrons. The van der Waals surface area contributed by atoms with Gasteiger partial charge in [0.2, 0.25) is 0 Å². The van der Waals surface area contributed by atoms with Crippen LogP contribution in [0.3, 0.4) is 0 Å². The van der Waals surface area contributed by atoms with Gasteiger partial charge in [-0.05, 0) is 34.6 Å². The quantitative estimate of drug-likeness (QED) is 0.377. The monoisotopic (exact) mass is 414 g/mol. The summed E-state index contributed by atoms with van der Waals surface area (Å²) in [5.41, 5.74) is 0. The van der Waals surface area contributed by atoms with E-state index in [1.807, 2.05) is 13.8 Å². The fourth-order valence-corrected chi connectivity index (χ4v) is 1.02. The van der Waals surface area contributed by atoms with Crippen LogP contribution in [0.1, 0.15) is 48.5 Å². The molecule has 0 aliphatic heterocycles. The lowest BCUT2D eigenvalue weighted by Crippen LogP contribution is -2.19. The molecule has 0 radical (unpaired) electrons. The molecule has 28 heavy (non-hydrogen) atoms. The van der Waals surface area contributed by atoms with E-state index in [0.717, 1.165) is 13.2 Å². The predicted octanol–water partition coefficient (Wildman–Crippen LogP) is 0.445. The average Bonchev–Trinajstić information content (AvgIpc) is 2.61. The fraction of sp³-hybridized carbons (Fsp3) is 0.833. The Morgan fingerprint density at radius 1 is 0.821 bits per heavy atom. The van der Waals surface area contributed by atoms with E-state index in [1.165, 1.54) is 20.8 Å². The van der Waals surface area contributed by atoms with Gasteiger partial charge in [-0.15, -0.1) is 0 Å². The van der Waals surface area contributed by atoms with Crippen LogP contribution in [0.5, 0.6) is 0 Å². The van der Waals surface area contributed by atoms with Crippen LogP contribution in [0.4, 0.5) is 0 Å². The molecule has 3 N–H and O–H groups in total. The molecule has 0 fully saturated rings. The smallest absolute Gasteiger partial charge is 0.334 e. The van der Waals surface area contributed by atoms with Gasteiger partial charge in [-0.1, -0.05) is 0 Å². The van der Waals surface area contributed by atoms with Gasteiger partial charge >= 0.3 is 17.9 Å². The lowest BCUT2D eigenvalue weighted by atomic mass is 10.4. The van der Waals surface area contributed by atoms with Crippen LogP contribution < -0.4 is 0 Å². The third kappa shape index (κ3) is 44.1. The number of aliphatic hydroxyl groups excluding tert-OH is 3. The number of hydrogen-bond acceptors (Lipinski definition) is 10. The summed E-state index contributed by atoms with van der Waals surface area (Å²) in [7, 11) is 0. The van der Waals surface area contributed by atoms with Crippen molar-refractivity contribution < 1.29 is 48.7 Å². The lowest BCUT2D eigenvalue weighted by molar-refractivity contribution is -0.155. The Kier molecular flexibility index (Phi) is 33.2. The van der Waals surface area contributed by atoms with Gasteiger partial charge in [0.05, 0.1) is 19.8 Å². The number of carbonyl (C=O) groups excluding carboxylic acids is 3.